The molecule has 0 aromatic carbocycles. The lowest BCUT2D eigenvalue weighted by atomic mass is 10.4. The van der Waals surface area contributed by atoms with E-state index in [1.807, 2.05) is 0 Å². The highest BCUT2D eigenvalue weighted by Crippen LogP contribution is 2.11. The average molecular weight is 179 g/mol. The summed E-state index contributed by atoms with van der Waals surface area (Å²) in [6, 6.07) is 0. The summed E-state index contributed by atoms with van der Waals surface area (Å²) in [4.78, 5) is 15.6. The van der Waals surface area contributed by atoms with Crippen LogP contribution in [0.5, 0.6) is 0 Å². The van der Waals surface area contributed by atoms with E-state index in [1.54, 1.807) is 14.1 Å². The molecule has 2 N–H and O–H groups in total. The van der Waals surface area contributed by atoms with Crippen LogP contribution in [0.15, 0.2) is 11.1 Å². The maximum absolute atomic E-state index is 11.6. The highest BCUT2D eigenvalue weighted by atomic mass is 16.1. The van der Waals surface area contributed by atoms with E-state index in [-0.39, 0.29) is 11.4 Å². The first-order chi connectivity index (χ1) is 6.11. The number of hydrogen-bond donors (Lipinski definition) is 1. The number of anilines is 1. The highest BCUT2D eigenvalue weighted by molar-refractivity contribution is 5.85. The quantitative estimate of drug-likeness (QED) is 0.577. The Balaban J connectivity index is 3.08. The van der Waals surface area contributed by atoms with E-state index in [1.165, 1.54) is 15.6 Å². The minimum absolute atomic E-state index is 0.171. The van der Waals surface area contributed by atoms with Crippen LogP contribution in [-0.4, -0.2) is 19.3 Å². The van der Waals surface area contributed by atoms with E-state index >= 15 is 0 Å². The fourth-order valence-electron chi connectivity index (χ4n) is 1.26. The van der Waals surface area contributed by atoms with Gasteiger partial charge in [-0.25, -0.2) is 9.67 Å². The number of aromatic nitrogens is 4. The van der Waals surface area contributed by atoms with Gasteiger partial charge in [0.25, 0.3) is 5.56 Å². The molecule has 68 valence electrons. The van der Waals surface area contributed by atoms with Crippen LogP contribution in [0.1, 0.15) is 0 Å². The minimum atomic E-state index is -0.171. The molecule has 0 radical (unpaired) electrons. The van der Waals surface area contributed by atoms with Crippen LogP contribution in [0.2, 0.25) is 0 Å². The zero-order valence-electron chi connectivity index (χ0n) is 7.35. The third-order valence-electron chi connectivity index (χ3n) is 1.93. The maximum Gasteiger partial charge on any atom is 0.266 e. The number of aryl methyl sites for hydroxylation is 2. The minimum Gasteiger partial charge on any atom is -0.381 e. The van der Waals surface area contributed by atoms with Gasteiger partial charge in [0.05, 0.1) is 6.33 Å². The molecular weight excluding hydrogens is 170 g/mol. The second kappa shape index (κ2) is 2.32. The Bertz CT molecular complexity index is 523. The predicted octanol–water partition coefficient (Wildman–Crippen LogP) is -0.751. The molecule has 2 rings (SSSR count). The fourth-order valence-corrected chi connectivity index (χ4v) is 1.26. The first-order valence-electron chi connectivity index (χ1n) is 3.75. The lowest BCUT2D eigenvalue weighted by molar-refractivity contribution is 0.779. The van der Waals surface area contributed by atoms with Crippen molar-refractivity contribution in [2.75, 3.05) is 5.73 Å². The van der Waals surface area contributed by atoms with Crippen molar-refractivity contribution in [3.63, 3.8) is 0 Å². The van der Waals surface area contributed by atoms with Gasteiger partial charge < -0.3 is 10.3 Å². The first-order valence-corrected chi connectivity index (χ1v) is 3.75. The van der Waals surface area contributed by atoms with Crippen molar-refractivity contribution in [2.24, 2.45) is 14.1 Å². The molecule has 0 spiro atoms. The van der Waals surface area contributed by atoms with Crippen LogP contribution in [0.4, 0.5) is 5.82 Å². The molecule has 0 aliphatic heterocycles. The van der Waals surface area contributed by atoms with Gasteiger partial charge in [0.1, 0.15) is 5.39 Å². The van der Waals surface area contributed by atoms with E-state index in [4.69, 9.17) is 5.73 Å². The number of fused-ring (bicyclic) bond motifs is 1. The highest BCUT2D eigenvalue weighted by Gasteiger charge is 2.10. The van der Waals surface area contributed by atoms with Gasteiger partial charge in [-0.2, -0.15) is 5.10 Å². The summed E-state index contributed by atoms with van der Waals surface area (Å²) in [5.41, 5.74) is 5.91. The zero-order valence-corrected chi connectivity index (χ0v) is 7.35. The molecule has 6 nitrogen and oxygen atoms in total. The van der Waals surface area contributed by atoms with Gasteiger partial charge in [-0.05, 0) is 0 Å². The lowest BCUT2D eigenvalue weighted by Crippen LogP contribution is -2.17. The van der Waals surface area contributed by atoms with E-state index in [0.717, 1.165) is 0 Å². The van der Waals surface area contributed by atoms with Crippen LogP contribution >= 0.6 is 0 Å². The van der Waals surface area contributed by atoms with Crippen LogP contribution in [-0.2, 0) is 14.1 Å². The predicted molar refractivity (Wildman–Crippen MR) is 48.2 cm³/mol. The van der Waals surface area contributed by atoms with E-state index in [0.29, 0.717) is 11.0 Å². The molecule has 0 saturated heterocycles. The normalized spacial score (nSPS) is 10.9. The van der Waals surface area contributed by atoms with Gasteiger partial charge >= 0.3 is 0 Å². The molecule has 0 saturated carbocycles. The number of nitrogens with zero attached hydrogens (tertiary/aromatic N) is 4. The summed E-state index contributed by atoms with van der Waals surface area (Å²) in [6.07, 6.45) is 1.45. The monoisotopic (exact) mass is 179 g/mol. The standard InChI is InChI=1S/C7H9N5O/c1-11-3-9-6-4(7(11)13)5(8)10-12(6)2/h3H,1-2H3,(H2,8,10). The molecular formula is C7H9N5O. The summed E-state index contributed by atoms with van der Waals surface area (Å²) in [7, 11) is 3.33. The largest absolute Gasteiger partial charge is 0.381 e. The Hall–Kier alpha value is -1.85. The number of nitrogen functional groups attached to an aromatic ring is 1. The molecule has 6 heteroatoms. The molecule has 0 unspecified atom stereocenters. The van der Waals surface area contributed by atoms with Crippen molar-refractivity contribution in [1.29, 1.82) is 0 Å². The van der Waals surface area contributed by atoms with Crippen LogP contribution in [0, 0.1) is 0 Å². The molecule has 2 aromatic heterocycles. The van der Waals surface area contributed by atoms with Crippen molar-refractivity contribution in [1.82, 2.24) is 19.3 Å². The molecule has 0 aliphatic rings. The van der Waals surface area contributed by atoms with E-state index in [2.05, 4.69) is 10.1 Å². The Labute approximate surface area is 73.6 Å². The number of hydrogen-bond acceptors (Lipinski definition) is 4. The van der Waals surface area contributed by atoms with Gasteiger partial charge in [0.2, 0.25) is 0 Å². The summed E-state index contributed by atoms with van der Waals surface area (Å²) in [6.45, 7) is 0. The Kier molecular flexibility index (Phi) is 1.39. The fraction of sp³-hybridized carbons (Fsp3) is 0.286. The topological polar surface area (TPSA) is 78.7 Å². The Morgan fingerprint density at radius 2 is 2.15 bits per heavy atom. The Morgan fingerprint density at radius 1 is 1.46 bits per heavy atom. The van der Waals surface area contributed by atoms with Gasteiger partial charge in [-0.3, -0.25) is 4.79 Å². The van der Waals surface area contributed by atoms with Crippen molar-refractivity contribution >= 4 is 16.9 Å². The van der Waals surface area contributed by atoms with E-state index < -0.39 is 0 Å². The van der Waals surface area contributed by atoms with E-state index in [9.17, 15) is 4.79 Å². The molecule has 0 aliphatic carbocycles. The summed E-state index contributed by atoms with van der Waals surface area (Å²) in [5, 5.41) is 4.29. The number of nitrogens with two attached hydrogens (primary N) is 1. The third-order valence-corrected chi connectivity index (χ3v) is 1.93. The lowest BCUT2D eigenvalue weighted by Gasteiger charge is -1.95. The van der Waals surface area contributed by atoms with Crippen molar-refractivity contribution in [3.05, 3.63) is 16.7 Å². The smallest absolute Gasteiger partial charge is 0.266 e. The van der Waals surface area contributed by atoms with Crippen LogP contribution in [0.3, 0.4) is 0 Å². The zero-order chi connectivity index (χ0) is 9.59. The molecule has 0 bridgehead atoms. The van der Waals surface area contributed by atoms with Gasteiger partial charge in [-0.1, -0.05) is 0 Å². The van der Waals surface area contributed by atoms with Crippen molar-refractivity contribution in [3.8, 4) is 0 Å². The van der Waals surface area contributed by atoms with Gasteiger partial charge in [0, 0.05) is 14.1 Å². The molecule has 0 atom stereocenters. The molecule has 0 fully saturated rings. The van der Waals surface area contributed by atoms with Crippen LogP contribution in [0.25, 0.3) is 11.0 Å². The van der Waals surface area contributed by atoms with Gasteiger partial charge in [-0.15, -0.1) is 0 Å². The van der Waals surface area contributed by atoms with Crippen molar-refractivity contribution in [2.45, 2.75) is 0 Å². The molecule has 2 aromatic rings. The third kappa shape index (κ3) is 0.915. The van der Waals surface area contributed by atoms with Crippen LogP contribution < -0.4 is 11.3 Å². The summed E-state index contributed by atoms with van der Waals surface area (Å²) >= 11 is 0. The molecule has 0 amide bonds. The maximum atomic E-state index is 11.6. The first kappa shape index (κ1) is 7.78. The Morgan fingerprint density at radius 3 is 2.85 bits per heavy atom. The SMILES string of the molecule is Cn1cnc2c(c(N)nn2C)c1=O. The van der Waals surface area contributed by atoms with Gasteiger partial charge in [0.15, 0.2) is 11.5 Å². The summed E-state index contributed by atoms with van der Waals surface area (Å²) < 4.78 is 2.87. The average Bonchev–Trinajstić information content (AvgIpc) is 2.35. The second-order valence-electron chi connectivity index (χ2n) is 2.87. The number of rotatable bonds is 0. The molecule has 2 heterocycles. The molecule has 13 heavy (non-hydrogen) atoms. The summed E-state index contributed by atoms with van der Waals surface area (Å²) in [5.74, 6) is 0.228. The van der Waals surface area contributed by atoms with Crippen molar-refractivity contribution < 1.29 is 0 Å². The second-order valence-corrected chi connectivity index (χ2v) is 2.87.